The van der Waals surface area contributed by atoms with Crippen LogP contribution in [-0.4, -0.2) is 45.1 Å². The first kappa shape index (κ1) is 18.8. The fourth-order valence-electron chi connectivity index (χ4n) is 3.76. The van der Waals surface area contributed by atoms with Gasteiger partial charge in [0.25, 0.3) is 0 Å². The van der Waals surface area contributed by atoms with Crippen molar-refractivity contribution in [2.75, 3.05) is 19.7 Å². The zero-order chi connectivity index (χ0) is 19.0. The molecule has 3 atom stereocenters. The van der Waals surface area contributed by atoms with Crippen LogP contribution >= 0.6 is 11.6 Å². The molecule has 0 unspecified atom stereocenters. The van der Waals surface area contributed by atoms with Gasteiger partial charge in [0, 0.05) is 30.2 Å². The van der Waals surface area contributed by atoms with Crippen LogP contribution in [0.2, 0.25) is 5.02 Å². The van der Waals surface area contributed by atoms with Gasteiger partial charge >= 0.3 is 0 Å². The van der Waals surface area contributed by atoms with Crippen LogP contribution in [0.3, 0.4) is 0 Å². The molecule has 144 valence electrons. The summed E-state index contributed by atoms with van der Waals surface area (Å²) in [6.07, 6.45) is 0.610. The molecule has 0 bridgehead atoms. The maximum Gasteiger partial charge on any atom is 0.240 e. The first-order valence-corrected chi connectivity index (χ1v) is 10.7. The molecule has 0 aliphatic carbocycles. The molecule has 2 aromatic rings. The fraction of sp³-hybridized carbons (Fsp3) is 0.368. The summed E-state index contributed by atoms with van der Waals surface area (Å²) in [6.45, 7) is 1.85. The highest BCUT2D eigenvalue weighted by atomic mass is 35.5. The maximum atomic E-state index is 13.4. The minimum atomic E-state index is -3.75. The molecule has 1 N–H and O–H groups in total. The van der Waals surface area contributed by atoms with Gasteiger partial charge in [0.1, 0.15) is 5.82 Å². The Labute approximate surface area is 163 Å². The number of fused-ring (bicyclic) bond motifs is 1. The van der Waals surface area contributed by atoms with Gasteiger partial charge in [-0.15, -0.1) is 0 Å². The van der Waals surface area contributed by atoms with Crippen LogP contribution in [-0.2, 0) is 14.8 Å². The van der Waals surface area contributed by atoms with Crippen LogP contribution in [0.4, 0.5) is 4.39 Å². The molecule has 2 fully saturated rings. The Kier molecular flexibility index (Phi) is 5.22. The molecule has 5 nitrogen and oxygen atoms in total. The van der Waals surface area contributed by atoms with E-state index in [0.717, 1.165) is 11.6 Å². The van der Waals surface area contributed by atoms with E-state index < -0.39 is 15.8 Å². The van der Waals surface area contributed by atoms with Crippen LogP contribution < -0.4 is 4.72 Å². The lowest BCUT2D eigenvalue weighted by atomic mass is 10.1. The highest BCUT2D eigenvalue weighted by Crippen LogP contribution is 2.31. The Hall–Kier alpha value is -1.51. The molecule has 4 rings (SSSR count). The predicted molar refractivity (Wildman–Crippen MR) is 101 cm³/mol. The Morgan fingerprint density at radius 1 is 1.15 bits per heavy atom. The topological polar surface area (TPSA) is 58.6 Å². The number of morpholine rings is 1. The number of hydrogen-bond acceptors (Lipinski definition) is 4. The van der Waals surface area contributed by atoms with E-state index in [1.165, 1.54) is 18.2 Å². The first-order valence-electron chi connectivity index (χ1n) is 8.80. The van der Waals surface area contributed by atoms with E-state index in [1.807, 2.05) is 24.3 Å². The number of ether oxygens (including phenoxy) is 1. The summed E-state index contributed by atoms with van der Waals surface area (Å²) in [7, 11) is -3.75. The zero-order valence-electron chi connectivity index (χ0n) is 14.5. The van der Waals surface area contributed by atoms with Gasteiger partial charge in [-0.25, -0.2) is 17.5 Å². The molecule has 0 saturated carbocycles. The van der Waals surface area contributed by atoms with Gasteiger partial charge in [-0.2, -0.15) is 0 Å². The lowest BCUT2D eigenvalue weighted by molar-refractivity contribution is -0.0502. The van der Waals surface area contributed by atoms with Crippen LogP contribution in [0.15, 0.2) is 53.4 Å². The molecule has 2 saturated heterocycles. The Morgan fingerprint density at radius 3 is 2.67 bits per heavy atom. The minimum absolute atomic E-state index is 0.0531. The summed E-state index contributed by atoms with van der Waals surface area (Å²) in [6, 6.07) is 12.6. The number of hydrogen-bond donors (Lipinski definition) is 1. The average Bonchev–Trinajstić information content (AvgIpc) is 3.03. The molecule has 0 radical (unpaired) electrons. The summed E-state index contributed by atoms with van der Waals surface area (Å²) in [4.78, 5) is 2.20. The van der Waals surface area contributed by atoms with E-state index in [2.05, 4.69) is 9.62 Å². The molecular formula is C19H20ClFN2O3S. The van der Waals surface area contributed by atoms with Crippen molar-refractivity contribution in [3.8, 4) is 0 Å². The molecule has 2 heterocycles. The smallest absolute Gasteiger partial charge is 0.240 e. The van der Waals surface area contributed by atoms with E-state index in [9.17, 15) is 12.8 Å². The normalized spacial score (nSPS) is 26.1. The van der Waals surface area contributed by atoms with Gasteiger partial charge in [-0.3, -0.25) is 4.90 Å². The van der Waals surface area contributed by atoms with Gasteiger partial charge in [0.05, 0.1) is 17.6 Å². The summed E-state index contributed by atoms with van der Waals surface area (Å²) < 4.78 is 47.1. The number of rotatable bonds is 4. The van der Waals surface area contributed by atoms with E-state index >= 15 is 0 Å². The molecule has 2 aromatic carbocycles. The Bertz CT molecular complexity index is 923. The minimum Gasteiger partial charge on any atom is -0.371 e. The first-order chi connectivity index (χ1) is 12.9. The number of nitrogens with one attached hydrogen (secondary N) is 1. The van der Waals surface area contributed by atoms with Gasteiger partial charge in [-0.05, 0) is 42.3 Å². The number of halogens is 2. The second kappa shape index (κ2) is 7.48. The van der Waals surface area contributed by atoms with Crippen LogP contribution in [0.25, 0.3) is 0 Å². The summed E-state index contributed by atoms with van der Waals surface area (Å²) in [5.74, 6) is -0.569. The molecule has 0 spiro atoms. The lowest BCUT2D eigenvalue weighted by Crippen LogP contribution is -2.43. The van der Waals surface area contributed by atoms with Crippen molar-refractivity contribution in [2.45, 2.75) is 29.5 Å². The summed E-state index contributed by atoms with van der Waals surface area (Å²) in [5, 5.41) is 0.681. The highest BCUT2D eigenvalue weighted by molar-refractivity contribution is 7.89. The molecule has 8 heteroatoms. The third-order valence-electron chi connectivity index (χ3n) is 5.09. The molecule has 2 aliphatic heterocycles. The van der Waals surface area contributed by atoms with Crippen molar-refractivity contribution in [2.24, 2.45) is 0 Å². The van der Waals surface area contributed by atoms with Crippen LogP contribution in [0, 0.1) is 5.82 Å². The third-order valence-corrected chi connectivity index (χ3v) is 6.86. The number of sulfonamides is 1. The lowest BCUT2D eigenvalue weighted by Gasteiger charge is -2.35. The van der Waals surface area contributed by atoms with Crippen molar-refractivity contribution in [3.05, 3.63) is 64.9 Å². The van der Waals surface area contributed by atoms with Gasteiger partial charge in [0.2, 0.25) is 10.0 Å². The van der Waals surface area contributed by atoms with E-state index in [1.54, 1.807) is 0 Å². The van der Waals surface area contributed by atoms with E-state index in [-0.39, 0.29) is 23.1 Å². The van der Waals surface area contributed by atoms with Crippen molar-refractivity contribution < 1.29 is 17.5 Å². The SMILES string of the molecule is O=S(=O)(N[C@@H]1C[C@H]2CO[C@@H](c3ccc(Cl)cc3)CN2C1)c1cccc(F)c1. The summed E-state index contributed by atoms with van der Waals surface area (Å²) in [5.41, 5.74) is 1.06. The molecule has 0 amide bonds. The number of benzene rings is 2. The maximum absolute atomic E-state index is 13.4. The average molecular weight is 411 g/mol. The van der Waals surface area contributed by atoms with Crippen molar-refractivity contribution in [1.82, 2.24) is 9.62 Å². The molecular weight excluding hydrogens is 391 g/mol. The predicted octanol–water partition coefficient (Wildman–Crippen LogP) is 2.97. The second-order valence-electron chi connectivity index (χ2n) is 6.99. The second-order valence-corrected chi connectivity index (χ2v) is 9.14. The Morgan fingerprint density at radius 2 is 1.93 bits per heavy atom. The standard InChI is InChI=1S/C19H20ClFN2O3S/c20-14-6-4-13(5-7-14)19-11-23-10-16(9-17(23)12-26-19)22-27(24,25)18-3-1-2-15(21)8-18/h1-8,16-17,19,22H,9-12H2/t16-,17+,19-/m1/s1. The van der Waals surface area contributed by atoms with Gasteiger partial charge in [0.15, 0.2) is 0 Å². The van der Waals surface area contributed by atoms with Crippen molar-refractivity contribution >= 4 is 21.6 Å². The van der Waals surface area contributed by atoms with Crippen LogP contribution in [0.5, 0.6) is 0 Å². The quantitative estimate of drug-likeness (QED) is 0.841. The van der Waals surface area contributed by atoms with E-state index in [0.29, 0.717) is 31.1 Å². The zero-order valence-corrected chi connectivity index (χ0v) is 16.1. The Balaban J connectivity index is 1.42. The molecule has 2 aliphatic rings. The molecule has 27 heavy (non-hydrogen) atoms. The van der Waals surface area contributed by atoms with Crippen molar-refractivity contribution in [3.63, 3.8) is 0 Å². The largest absolute Gasteiger partial charge is 0.371 e. The third kappa shape index (κ3) is 4.17. The van der Waals surface area contributed by atoms with Gasteiger partial charge < -0.3 is 4.74 Å². The molecule has 0 aromatic heterocycles. The monoisotopic (exact) mass is 410 g/mol. The van der Waals surface area contributed by atoms with E-state index in [4.69, 9.17) is 16.3 Å². The number of nitrogens with zero attached hydrogens (tertiary/aromatic N) is 1. The fourth-order valence-corrected chi connectivity index (χ4v) is 5.16. The van der Waals surface area contributed by atoms with Crippen molar-refractivity contribution in [1.29, 1.82) is 0 Å². The summed E-state index contributed by atoms with van der Waals surface area (Å²) >= 11 is 5.94. The van der Waals surface area contributed by atoms with Gasteiger partial charge in [-0.1, -0.05) is 29.8 Å². The van der Waals surface area contributed by atoms with Crippen LogP contribution in [0.1, 0.15) is 18.1 Å². The highest BCUT2D eigenvalue weighted by Gasteiger charge is 2.39.